The molecule has 0 atom stereocenters. The Morgan fingerprint density at radius 3 is 0.727 bits per heavy atom. The van der Waals surface area contributed by atoms with Gasteiger partial charge in [-0.15, -0.1) is 0 Å². The van der Waals surface area contributed by atoms with E-state index in [1.54, 1.807) is 0 Å². The van der Waals surface area contributed by atoms with Gasteiger partial charge in [-0.2, -0.15) is 0 Å². The molecule has 66 heavy (non-hydrogen) atoms. The fraction of sp³-hybridized carbons (Fsp3) is 0. The predicted octanol–water partition coefficient (Wildman–Crippen LogP) is 19.5. The zero-order chi connectivity index (χ0) is 43.3. The molecule has 0 spiro atoms. The van der Waals surface area contributed by atoms with E-state index in [4.69, 9.17) is 16.8 Å². The van der Waals surface area contributed by atoms with Crippen LogP contribution in [-0.4, -0.2) is 0 Å². The fourth-order valence-electron chi connectivity index (χ4n) is 10.3. The third-order valence-corrected chi connectivity index (χ3v) is 16.2. The molecular weight excluding hydrogens is 847 g/mol. The third kappa shape index (κ3) is 5.73. The van der Waals surface area contributed by atoms with Gasteiger partial charge >= 0.3 is 0 Å². The second-order valence-corrected chi connectivity index (χ2v) is 19.6. The van der Waals surface area contributed by atoms with Crippen molar-refractivity contribution in [2.24, 2.45) is 0 Å². The van der Waals surface area contributed by atoms with Crippen LogP contribution in [0.1, 0.15) is 0 Å². The van der Waals surface area contributed by atoms with Crippen molar-refractivity contribution in [3.63, 3.8) is 0 Å². The number of hydrogen-bond acceptors (Lipinski definition) is 4. The number of hydrogen-bond donors (Lipinski definition) is 0. The van der Waals surface area contributed by atoms with Crippen LogP contribution < -0.4 is 0 Å². The standard InChI is InChI=1S/C60H36O4P2/c1-7-19-43-37(13-1)25-31-49-55(43)56-44-20-8-2-14-38(44)26-32-50(56)62-65(61-49)53-35-29-41-17-5-11-23-47(41)59(53)60-48-24-12-6-18-42(48)30-36-54(60)66-63-51-33-27-39-15-3-9-21-45(39)57(51)58-46-22-10-4-16-40(46)28-34-52(58)64-66/h1-36H. The van der Waals surface area contributed by atoms with Crippen molar-refractivity contribution in [2.45, 2.75) is 0 Å². The van der Waals surface area contributed by atoms with Crippen LogP contribution in [0, 0.1) is 0 Å². The van der Waals surface area contributed by atoms with Gasteiger partial charge in [-0.25, -0.2) is 0 Å². The maximum Gasteiger partial charge on any atom is 0.253 e. The lowest BCUT2D eigenvalue weighted by Gasteiger charge is -2.17. The van der Waals surface area contributed by atoms with E-state index in [-0.39, 0.29) is 0 Å². The van der Waals surface area contributed by atoms with Crippen LogP contribution in [0.15, 0.2) is 235 Å². The van der Waals surface area contributed by atoms with Crippen molar-refractivity contribution < 1.29 is 16.8 Å². The van der Waals surface area contributed by atoms with Gasteiger partial charge in [0.1, 0.15) is 22.3 Å². The Bertz CT molecular complexity index is 3950. The molecular formula is C60H36O4P2. The molecule has 14 rings (SSSR count). The third-order valence-electron chi connectivity index (χ3n) is 13.2. The average molecular weight is 883 g/mol. The highest BCUT2D eigenvalue weighted by Gasteiger charge is 2.25. The van der Waals surface area contributed by atoms with Crippen LogP contribution in [0.2, 0.25) is 0 Å². The minimum Gasteiger partial charge on any atom is -0.416 e. The van der Waals surface area contributed by atoms with Crippen LogP contribution in [-0.2, 0) is 0 Å². The van der Waals surface area contributed by atoms with E-state index >= 15 is 0 Å². The molecule has 0 saturated heterocycles. The van der Waals surface area contributed by atoms with Crippen LogP contribution >= 0.6 is 16.0 Å². The molecule has 2 heterocycles. The first kappa shape index (κ1) is 37.4. The molecule has 6 heteroatoms. The lowest BCUT2D eigenvalue weighted by atomic mass is 9.94. The Balaban J connectivity index is 1.15. The molecule has 14 aromatic rings. The lowest BCUT2D eigenvalue weighted by molar-refractivity contribution is 0.650. The highest BCUT2D eigenvalue weighted by atomic mass is 31.1. The Morgan fingerprint density at radius 1 is 0.212 bits per heavy atom. The molecule has 0 fully saturated rings. The van der Waals surface area contributed by atoms with Crippen molar-refractivity contribution in [3.05, 3.63) is 218 Å². The van der Waals surface area contributed by atoms with E-state index in [0.717, 1.165) is 130 Å². The Labute approximate surface area is 379 Å². The first-order valence-electron chi connectivity index (χ1n) is 22.2. The van der Waals surface area contributed by atoms with E-state index in [1.165, 1.54) is 0 Å². The van der Waals surface area contributed by atoms with Crippen LogP contribution in [0.5, 0.6) is 0 Å². The Hall–Kier alpha value is -8.00. The molecule has 4 nitrogen and oxygen atoms in total. The molecule has 0 radical (unpaired) electrons. The van der Waals surface area contributed by atoms with Crippen LogP contribution in [0.3, 0.4) is 0 Å². The molecule has 0 N–H and O–H groups in total. The zero-order valence-corrected chi connectivity index (χ0v) is 37.1. The summed E-state index contributed by atoms with van der Waals surface area (Å²) in [7, 11) is -3.57. The Kier molecular flexibility index (Phi) is 8.37. The van der Waals surface area contributed by atoms with Crippen LogP contribution in [0.4, 0.5) is 0 Å². The molecule has 12 aromatic carbocycles. The van der Waals surface area contributed by atoms with Crippen molar-refractivity contribution in [2.75, 3.05) is 0 Å². The molecule has 0 amide bonds. The number of fused-ring (bicyclic) bond motifs is 16. The Morgan fingerprint density at radius 2 is 0.439 bits per heavy atom. The van der Waals surface area contributed by atoms with E-state index in [1.807, 2.05) is 0 Å². The van der Waals surface area contributed by atoms with Crippen LogP contribution in [0.25, 0.3) is 130 Å². The maximum absolute atomic E-state index is 7.37. The summed E-state index contributed by atoms with van der Waals surface area (Å²) >= 11 is 0. The normalized spacial score (nSPS) is 11.9. The summed E-state index contributed by atoms with van der Waals surface area (Å²) in [6.07, 6.45) is 0. The summed E-state index contributed by atoms with van der Waals surface area (Å²) in [6, 6.07) is 77.4. The minimum absolute atomic E-state index is 0.791. The van der Waals surface area contributed by atoms with Gasteiger partial charge in [0.15, 0.2) is 0 Å². The first-order valence-corrected chi connectivity index (χ1v) is 24.5. The second-order valence-electron chi connectivity index (χ2n) is 16.9. The number of rotatable bonds is 3. The molecule has 0 aliphatic rings. The molecule has 310 valence electrons. The monoisotopic (exact) mass is 882 g/mol. The maximum atomic E-state index is 7.37. The summed E-state index contributed by atoms with van der Waals surface area (Å²) in [6.45, 7) is 0. The molecule has 2 aromatic heterocycles. The van der Waals surface area contributed by atoms with E-state index in [2.05, 4.69) is 218 Å². The van der Waals surface area contributed by atoms with Crippen molar-refractivity contribution in [1.82, 2.24) is 0 Å². The van der Waals surface area contributed by atoms with Gasteiger partial charge in [0.05, 0.1) is 10.6 Å². The van der Waals surface area contributed by atoms with E-state index < -0.39 is 16.0 Å². The SMILES string of the molecule is c1ccc2c(-c3c(-p4oc5ccc6ccccc6c5c5c(ccc6ccccc65)o4)ccc4ccccc34)c(-p3oc4ccc5ccccc5c4c4c(ccc5ccccc54)o3)ccc2c1. The smallest absolute Gasteiger partial charge is 0.253 e. The molecule has 0 aliphatic heterocycles. The molecule has 0 aliphatic carbocycles. The van der Waals surface area contributed by atoms with Gasteiger partial charge in [0.2, 0.25) is 0 Å². The quantitative estimate of drug-likeness (QED) is 0.177. The topological polar surface area (TPSA) is 52.6 Å². The zero-order valence-electron chi connectivity index (χ0n) is 35.3. The van der Waals surface area contributed by atoms with Crippen molar-refractivity contribution >= 4 is 125 Å². The first-order chi connectivity index (χ1) is 32.7. The predicted molar refractivity (Wildman–Crippen MR) is 279 cm³/mol. The van der Waals surface area contributed by atoms with Gasteiger partial charge in [0, 0.05) is 32.7 Å². The molecule has 0 unspecified atom stereocenters. The highest BCUT2D eigenvalue weighted by Crippen LogP contribution is 2.57. The lowest BCUT2D eigenvalue weighted by Crippen LogP contribution is -1.89. The average Bonchev–Trinajstić information content (AvgIpc) is 3.67. The van der Waals surface area contributed by atoms with Gasteiger partial charge in [-0.1, -0.05) is 182 Å². The van der Waals surface area contributed by atoms with E-state index in [9.17, 15) is 0 Å². The summed E-state index contributed by atoms with van der Waals surface area (Å²) in [4.78, 5) is 0. The van der Waals surface area contributed by atoms with Crippen molar-refractivity contribution in [3.8, 4) is 21.7 Å². The van der Waals surface area contributed by atoms with Gasteiger partial charge in [0.25, 0.3) is 16.0 Å². The number of benzene rings is 12. The summed E-state index contributed by atoms with van der Waals surface area (Å²) in [5.41, 5.74) is 5.24. The summed E-state index contributed by atoms with van der Waals surface area (Å²) < 4.78 is 29.5. The second kappa shape index (κ2) is 14.8. The fourth-order valence-corrected chi connectivity index (χ4v) is 13.3. The molecule has 0 saturated carbocycles. The molecule has 0 bridgehead atoms. The minimum atomic E-state index is -1.78. The van der Waals surface area contributed by atoms with Gasteiger partial charge in [-0.3, -0.25) is 0 Å². The van der Waals surface area contributed by atoms with Crippen molar-refractivity contribution in [1.29, 1.82) is 0 Å². The highest BCUT2D eigenvalue weighted by molar-refractivity contribution is 7.47. The van der Waals surface area contributed by atoms with E-state index in [0.29, 0.717) is 0 Å². The van der Waals surface area contributed by atoms with Gasteiger partial charge in [-0.05, 0) is 101 Å². The largest absolute Gasteiger partial charge is 0.416 e. The summed E-state index contributed by atoms with van der Waals surface area (Å²) in [5.74, 6) is 0. The summed E-state index contributed by atoms with van der Waals surface area (Å²) in [5, 5.41) is 19.6. The van der Waals surface area contributed by atoms with Gasteiger partial charge < -0.3 is 16.8 Å².